The molecular formula is C12H16O. The van der Waals surface area contributed by atoms with E-state index in [1.54, 1.807) is 0 Å². The van der Waals surface area contributed by atoms with Crippen LogP contribution in [0.4, 0.5) is 0 Å². The van der Waals surface area contributed by atoms with Crippen LogP contribution in [0.5, 0.6) is 0 Å². The molecule has 0 saturated heterocycles. The smallest absolute Gasteiger partial charge is 0.0913 e. The largest absolute Gasteiger partial charge is 0.501 e. The molecule has 0 saturated carbocycles. The van der Waals surface area contributed by atoms with E-state index in [-0.39, 0.29) is 0 Å². The molecule has 1 nitrogen and oxygen atoms in total. The van der Waals surface area contributed by atoms with Crippen LogP contribution in [0.2, 0.25) is 0 Å². The molecule has 0 atom stereocenters. The van der Waals surface area contributed by atoms with E-state index in [2.05, 4.69) is 24.3 Å². The summed E-state index contributed by atoms with van der Waals surface area (Å²) in [7, 11) is 0. The molecular weight excluding hydrogens is 160 g/mol. The number of ether oxygens (including phenoxy) is 1. The van der Waals surface area contributed by atoms with Crippen molar-refractivity contribution < 1.29 is 4.74 Å². The van der Waals surface area contributed by atoms with Crippen LogP contribution in [0.3, 0.4) is 0 Å². The third-order valence-corrected chi connectivity index (χ3v) is 1.67. The van der Waals surface area contributed by atoms with Gasteiger partial charge < -0.3 is 4.74 Å². The molecule has 1 rings (SSSR count). The minimum Gasteiger partial charge on any atom is -0.501 e. The quantitative estimate of drug-likeness (QED) is 0.505. The highest BCUT2D eigenvalue weighted by atomic mass is 16.5. The lowest BCUT2D eigenvalue weighted by Gasteiger charge is -2.01. The van der Waals surface area contributed by atoms with Gasteiger partial charge in [-0.1, -0.05) is 30.3 Å². The highest BCUT2D eigenvalue weighted by Gasteiger charge is 1.89. The fourth-order valence-electron chi connectivity index (χ4n) is 1.05. The van der Waals surface area contributed by atoms with Crippen molar-refractivity contribution in [2.45, 2.75) is 20.3 Å². The van der Waals surface area contributed by atoms with Crippen LogP contribution in [0.1, 0.15) is 19.4 Å². The molecule has 0 unspecified atom stereocenters. The summed E-state index contributed by atoms with van der Waals surface area (Å²) in [5, 5.41) is 0. The van der Waals surface area contributed by atoms with Crippen molar-refractivity contribution in [2.75, 3.05) is 6.61 Å². The van der Waals surface area contributed by atoms with E-state index < -0.39 is 0 Å². The Hall–Kier alpha value is -1.24. The summed E-state index contributed by atoms with van der Waals surface area (Å²) in [4.78, 5) is 0. The first-order valence-corrected chi connectivity index (χ1v) is 4.58. The number of allylic oxidation sites excluding steroid dienone is 1. The van der Waals surface area contributed by atoms with Crippen LogP contribution in [0.15, 0.2) is 42.2 Å². The molecule has 0 aliphatic heterocycles. The standard InChI is InChI=1S/C12H16O/c1-11(2)10-13-9-8-12-6-4-3-5-7-12/h3-7,10H,8-9H2,1-2H3. The summed E-state index contributed by atoms with van der Waals surface area (Å²) in [5.74, 6) is 0. The molecule has 0 spiro atoms. The highest BCUT2D eigenvalue weighted by Crippen LogP contribution is 2.00. The lowest BCUT2D eigenvalue weighted by molar-refractivity contribution is 0.251. The maximum atomic E-state index is 5.34. The van der Waals surface area contributed by atoms with Crippen molar-refractivity contribution in [1.29, 1.82) is 0 Å². The molecule has 0 aromatic heterocycles. The van der Waals surface area contributed by atoms with Crippen LogP contribution >= 0.6 is 0 Å². The zero-order chi connectivity index (χ0) is 9.52. The summed E-state index contributed by atoms with van der Waals surface area (Å²) in [6.45, 7) is 4.82. The first-order valence-electron chi connectivity index (χ1n) is 4.58. The Labute approximate surface area is 80.0 Å². The average molecular weight is 176 g/mol. The van der Waals surface area contributed by atoms with Gasteiger partial charge in [0.05, 0.1) is 12.9 Å². The minimum absolute atomic E-state index is 0.759. The Morgan fingerprint density at radius 3 is 2.54 bits per heavy atom. The second kappa shape index (κ2) is 5.41. The fourth-order valence-corrected chi connectivity index (χ4v) is 1.05. The number of rotatable bonds is 4. The Bertz CT molecular complexity index is 258. The highest BCUT2D eigenvalue weighted by molar-refractivity contribution is 5.14. The van der Waals surface area contributed by atoms with Crippen molar-refractivity contribution in [3.63, 3.8) is 0 Å². The third-order valence-electron chi connectivity index (χ3n) is 1.67. The first-order chi connectivity index (χ1) is 6.29. The van der Waals surface area contributed by atoms with E-state index in [1.807, 2.05) is 26.2 Å². The van der Waals surface area contributed by atoms with Crippen LogP contribution < -0.4 is 0 Å². The Morgan fingerprint density at radius 1 is 1.23 bits per heavy atom. The van der Waals surface area contributed by atoms with Crippen LogP contribution in [0, 0.1) is 0 Å². The molecule has 13 heavy (non-hydrogen) atoms. The van der Waals surface area contributed by atoms with E-state index in [1.165, 1.54) is 11.1 Å². The molecule has 0 heterocycles. The van der Waals surface area contributed by atoms with Gasteiger partial charge in [-0.15, -0.1) is 0 Å². The van der Waals surface area contributed by atoms with E-state index in [4.69, 9.17) is 4.74 Å². The second-order valence-electron chi connectivity index (χ2n) is 3.30. The van der Waals surface area contributed by atoms with E-state index in [0.717, 1.165) is 13.0 Å². The first kappa shape index (κ1) is 9.85. The fraction of sp³-hybridized carbons (Fsp3) is 0.333. The van der Waals surface area contributed by atoms with Gasteiger partial charge >= 0.3 is 0 Å². The molecule has 1 heteroatoms. The zero-order valence-corrected chi connectivity index (χ0v) is 8.29. The van der Waals surface area contributed by atoms with Gasteiger partial charge in [-0.25, -0.2) is 0 Å². The van der Waals surface area contributed by atoms with Crippen LogP contribution in [-0.4, -0.2) is 6.61 Å². The second-order valence-corrected chi connectivity index (χ2v) is 3.30. The minimum atomic E-state index is 0.759. The molecule has 0 aliphatic rings. The Kier molecular flexibility index (Phi) is 4.10. The number of hydrogen-bond donors (Lipinski definition) is 0. The molecule has 0 bridgehead atoms. The molecule has 0 radical (unpaired) electrons. The third kappa shape index (κ3) is 4.36. The van der Waals surface area contributed by atoms with Gasteiger partial charge in [0.15, 0.2) is 0 Å². The number of hydrogen-bond acceptors (Lipinski definition) is 1. The molecule has 1 aromatic carbocycles. The van der Waals surface area contributed by atoms with Crippen LogP contribution in [-0.2, 0) is 11.2 Å². The van der Waals surface area contributed by atoms with Gasteiger partial charge in [-0.05, 0) is 25.0 Å². The van der Waals surface area contributed by atoms with Crippen molar-refractivity contribution in [2.24, 2.45) is 0 Å². The summed E-state index contributed by atoms with van der Waals surface area (Å²) >= 11 is 0. The average Bonchev–Trinajstić information content (AvgIpc) is 2.14. The SMILES string of the molecule is CC(C)=COCCc1ccccc1. The summed E-state index contributed by atoms with van der Waals surface area (Å²) < 4.78 is 5.34. The normalized spacial score (nSPS) is 9.38. The van der Waals surface area contributed by atoms with E-state index in [9.17, 15) is 0 Å². The van der Waals surface area contributed by atoms with Gasteiger partial charge in [0, 0.05) is 6.42 Å². The maximum Gasteiger partial charge on any atom is 0.0913 e. The number of benzene rings is 1. The molecule has 1 aromatic rings. The van der Waals surface area contributed by atoms with E-state index in [0.29, 0.717) is 0 Å². The van der Waals surface area contributed by atoms with Gasteiger partial charge in [0.1, 0.15) is 0 Å². The van der Waals surface area contributed by atoms with Crippen molar-refractivity contribution in [3.8, 4) is 0 Å². The lowest BCUT2D eigenvalue weighted by Crippen LogP contribution is -1.93. The van der Waals surface area contributed by atoms with Gasteiger partial charge in [0.25, 0.3) is 0 Å². The Morgan fingerprint density at radius 2 is 1.92 bits per heavy atom. The maximum absolute atomic E-state index is 5.34. The molecule has 70 valence electrons. The lowest BCUT2D eigenvalue weighted by atomic mass is 10.2. The monoisotopic (exact) mass is 176 g/mol. The van der Waals surface area contributed by atoms with Crippen molar-refractivity contribution in [3.05, 3.63) is 47.7 Å². The van der Waals surface area contributed by atoms with E-state index >= 15 is 0 Å². The molecule has 0 fully saturated rings. The van der Waals surface area contributed by atoms with Gasteiger partial charge in [0.2, 0.25) is 0 Å². The molecule has 0 N–H and O–H groups in total. The van der Waals surface area contributed by atoms with Crippen molar-refractivity contribution >= 4 is 0 Å². The zero-order valence-electron chi connectivity index (χ0n) is 8.29. The molecule has 0 aliphatic carbocycles. The van der Waals surface area contributed by atoms with Crippen LogP contribution in [0.25, 0.3) is 0 Å². The molecule has 0 amide bonds. The predicted octanol–water partition coefficient (Wildman–Crippen LogP) is 3.17. The predicted molar refractivity (Wildman–Crippen MR) is 55.5 cm³/mol. The summed E-state index contributed by atoms with van der Waals surface area (Å²) in [6.07, 6.45) is 2.79. The summed E-state index contributed by atoms with van der Waals surface area (Å²) in [5.41, 5.74) is 2.53. The summed E-state index contributed by atoms with van der Waals surface area (Å²) in [6, 6.07) is 10.4. The topological polar surface area (TPSA) is 9.23 Å². The van der Waals surface area contributed by atoms with Gasteiger partial charge in [-0.2, -0.15) is 0 Å². The van der Waals surface area contributed by atoms with Gasteiger partial charge in [-0.3, -0.25) is 0 Å². The Balaban J connectivity index is 2.25. The van der Waals surface area contributed by atoms with Crippen molar-refractivity contribution in [1.82, 2.24) is 0 Å².